The van der Waals surface area contributed by atoms with E-state index in [2.05, 4.69) is 6.58 Å². The second-order valence-corrected chi connectivity index (χ2v) is 4.50. The molecule has 0 heterocycles. The molecule has 4 nitrogen and oxygen atoms in total. The fourth-order valence-electron chi connectivity index (χ4n) is 1.55. The van der Waals surface area contributed by atoms with E-state index in [9.17, 15) is 9.59 Å². The normalized spacial score (nSPS) is 11.4. The first-order chi connectivity index (χ1) is 9.63. The predicted octanol–water partition coefficient (Wildman–Crippen LogP) is 2.88. The van der Waals surface area contributed by atoms with Gasteiger partial charge in [-0.2, -0.15) is 0 Å². The average molecular weight is 276 g/mol. The number of hydrogen-bond acceptors (Lipinski definition) is 4. The van der Waals surface area contributed by atoms with Crippen molar-refractivity contribution in [2.45, 2.75) is 26.4 Å². The maximum Gasteiger partial charge on any atom is 0.308 e. The minimum absolute atomic E-state index is 0.200. The molecule has 4 heteroatoms. The van der Waals surface area contributed by atoms with E-state index in [4.69, 9.17) is 9.47 Å². The summed E-state index contributed by atoms with van der Waals surface area (Å²) in [6.45, 7) is 5.66. The third-order valence-corrected chi connectivity index (χ3v) is 2.77. The smallest absolute Gasteiger partial charge is 0.308 e. The average Bonchev–Trinajstić information content (AvgIpc) is 2.49. The van der Waals surface area contributed by atoms with Crippen molar-refractivity contribution in [2.75, 3.05) is 6.61 Å². The van der Waals surface area contributed by atoms with E-state index in [1.54, 1.807) is 6.92 Å². The Hall–Kier alpha value is -2.10. The van der Waals surface area contributed by atoms with Gasteiger partial charge in [0, 0.05) is 6.42 Å². The van der Waals surface area contributed by atoms with Gasteiger partial charge in [-0.05, 0) is 12.0 Å². The van der Waals surface area contributed by atoms with Gasteiger partial charge in [-0.15, -0.1) is 0 Å². The molecule has 1 aromatic rings. The molecule has 0 aliphatic rings. The standard InChI is InChI=1S/C16H20O4/c1-3-11-19-15(17)10-9-13(2)16(18)20-12-14-7-5-4-6-8-14/h3-8,13H,1,9-12H2,2H3. The first-order valence-electron chi connectivity index (χ1n) is 6.60. The summed E-state index contributed by atoms with van der Waals surface area (Å²) in [5, 5.41) is 0. The molecule has 0 aromatic heterocycles. The van der Waals surface area contributed by atoms with E-state index in [-0.39, 0.29) is 37.5 Å². The van der Waals surface area contributed by atoms with Crippen LogP contribution in [-0.4, -0.2) is 18.5 Å². The van der Waals surface area contributed by atoms with Crippen LogP contribution in [0.4, 0.5) is 0 Å². The van der Waals surface area contributed by atoms with Crippen molar-refractivity contribution in [1.82, 2.24) is 0 Å². The molecule has 0 aliphatic carbocycles. The second-order valence-electron chi connectivity index (χ2n) is 4.50. The van der Waals surface area contributed by atoms with Crippen molar-refractivity contribution in [1.29, 1.82) is 0 Å². The minimum atomic E-state index is -0.326. The van der Waals surface area contributed by atoms with E-state index >= 15 is 0 Å². The van der Waals surface area contributed by atoms with Crippen LogP contribution in [0.5, 0.6) is 0 Å². The summed E-state index contributed by atoms with van der Waals surface area (Å²) in [5.41, 5.74) is 0.943. The molecule has 108 valence electrons. The van der Waals surface area contributed by atoms with Crippen LogP contribution in [0.3, 0.4) is 0 Å². The first kappa shape index (κ1) is 16.0. The molecule has 20 heavy (non-hydrogen) atoms. The van der Waals surface area contributed by atoms with Crippen LogP contribution >= 0.6 is 0 Å². The number of ether oxygens (including phenoxy) is 2. The van der Waals surface area contributed by atoms with Gasteiger partial charge in [-0.3, -0.25) is 9.59 Å². The fraction of sp³-hybridized carbons (Fsp3) is 0.375. The van der Waals surface area contributed by atoms with Gasteiger partial charge in [0.25, 0.3) is 0 Å². The molecule has 1 rings (SSSR count). The number of hydrogen-bond donors (Lipinski definition) is 0. The highest BCUT2D eigenvalue weighted by atomic mass is 16.5. The molecule has 0 saturated carbocycles. The van der Waals surface area contributed by atoms with Crippen LogP contribution in [0, 0.1) is 5.92 Å². The SMILES string of the molecule is C=CCOC(=O)CCC(C)C(=O)OCc1ccccc1. The van der Waals surface area contributed by atoms with Crippen molar-refractivity contribution in [3.8, 4) is 0 Å². The lowest BCUT2D eigenvalue weighted by molar-refractivity contribution is -0.150. The van der Waals surface area contributed by atoms with Crippen LogP contribution in [0.2, 0.25) is 0 Å². The Balaban J connectivity index is 2.25. The lowest BCUT2D eigenvalue weighted by Gasteiger charge is -2.11. The first-order valence-corrected chi connectivity index (χ1v) is 6.60. The summed E-state index contributed by atoms with van der Waals surface area (Å²) >= 11 is 0. The Morgan fingerprint density at radius 3 is 2.60 bits per heavy atom. The van der Waals surface area contributed by atoms with Gasteiger partial charge in [0.1, 0.15) is 13.2 Å². The molecule has 1 unspecified atom stereocenters. The van der Waals surface area contributed by atoms with Crippen LogP contribution in [-0.2, 0) is 25.7 Å². The third kappa shape index (κ3) is 6.18. The molecule has 0 aliphatic heterocycles. The molecule has 0 radical (unpaired) electrons. The lowest BCUT2D eigenvalue weighted by atomic mass is 10.1. The van der Waals surface area contributed by atoms with Crippen molar-refractivity contribution in [3.05, 3.63) is 48.6 Å². The summed E-state index contributed by atoms with van der Waals surface area (Å²) < 4.78 is 10.0. The fourth-order valence-corrected chi connectivity index (χ4v) is 1.55. The Morgan fingerprint density at radius 1 is 1.25 bits per heavy atom. The Bertz CT molecular complexity index is 439. The molecule has 0 saturated heterocycles. The number of esters is 2. The largest absolute Gasteiger partial charge is 0.461 e. The second kappa shape index (κ2) is 8.91. The molecule has 0 bridgehead atoms. The highest BCUT2D eigenvalue weighted by Gasteiger charge is 2.16. The van der Waals surface area contributed by atoms with E-state index in [0.29, 0.717) is 6.42 Å². The highest BCUT2D eigenvalue weighted by Crippen LogP contribution is 2.10. The molecular weight excluding hydrogens is 256 g/mol. The van der Waals surface area contributed by atoms with Crippen molar-refractivity contribution in [2.24, 2.45) is 5.92 Å². The van der Waals surface area contributed by atoms with Gasteiger partial charge in [0.05, 0.1) is 5.92 Å². The molecule has 0 fully saturated rings. The van der Waals surface area contributed by atoms with Crippen LogP contribution in [0.25, 0.3) is 0 Å². The van der Waals surface area contributed by atoms with Crippen LogP contribution in [0.1, 0.15) is 25.3 Å². The highest BCUT2D eigenvalue weighted by molar-refractivity contribution is 5.74. The maximum absolute atomic E-state index is 11.8. The summed E-state index contributed by atoms with van der Waals surface area (Å²) in [4.78, 5) is 23.0. The van der Waals surface area contributed by atoms with Crippen LogP contribution < -0.4 is 0 Å². The monoisotopic (exact) mass is 276 g/mol. The van der Waals surface area contributed by atoms with Crippen molar-refractivity contribution >= 4 is 11.9 Å². The Labute approximate surface area is 119 Å². The summed E-state index contributed by atoms with van der Waals surface area (Å²) in [6, 6.07) is 9.47. The summed E-state index contributed by atoms with van der Waals surface area (Å²) in [5.74, 6) is -0.951. The van der Waals surface area contributed by atoms with Crippen molar-refractivity contribution < 1.29 is 19.1 Å². The zero-order valence-electron chi connectivity index (χ0n) is 11.7. The third-order valence-electron chi connectivity index (χ3n) is 2.77. The van der Waals surface area contributed by atoms with Crippen LogP contribution in [0.15, 0.2) is 43.0 Å². The van der Waals surface area contributed by atoms with Crippen molar-refractivity contribution in [3.63, 3.8) is 0 Å². The minimum Gasteiger partial charge on any atom is -0.461 e. The quantitative estimate of drug-likeness (QED) is 0.541. The lowest BCUT2D eigenvalue weighted by Crippen LogP contribution is -2.16. The Kier molecular flexibility index (Phi) is 7.11. The number of carbonyl (C=O) groups excluding carboxylic acids is 2. The van der Waals surface area contributed by atoms with Gasteiger partial charge in [0.2, 0.25) is 0 Å². The number of rotatable bonds is 8. The summed E-state index contributed by atoms with van der Waals surface area (Å²) in [6.07, 6.45) is 2.13. The Morgan fingerprint density at radius 2 is 1.95 bits per heavy atom. The number of benzene rings is 1. The van der Waals surface area contributed by atoms with Gasteiger partial charge >= 0.3 is 11.9 Å². The molecule has 0 spiro atoms. The molecular formula is C16H20O4. The van der Waals surface area contributed by atoms with Gasteiger partial charge < -0.3 is 9.47 Å². The van der Waals surface area contributed by atoms with Gasteiger partial charge in [-0.1, -0.05) is 49.9 Å². The van der Waals surface area contributed by atoms with Gasteiger partial charge in [-0.25, -0.2) is 0 Å². The number of carbonyl (C=O) groups is 2. The molecule has 0 amide bonds. The topological polar surface area (TPSA) is 52.6 Å². The zero-order chi connectivity index (χ0) is 14.8. The molecule has 1 aromatic carbocycles. The van der Waals surface area contributed by atoms with E-state index < -0.39 is 0 Å². The molecule has 1 atom stereocenters. The van der Waals surface area contributed by atoms with E-state index in [0.717, 1.165) is 5.56 Å². The molecule has 0 N–H and O–H groups in total. The maximum atomic E-state index is 11.8. The van der Waals surface area contributed by atoms with E-state index in [1.807, 2.05) is 30.3 Å². The van der Waals surface area contributed by atoms with Gasteiger partial charge in [0.15, 0.2) is 0 Å². The predicted molar refractivity (Wildman–Crippen MR) is 75.8 cm³/mol. The summed E-state index contributed by atoms with van der Waals surface area (Å²) in [7, 11) is 0. The zero-order valence-corrected chi connectivity index (χ0v) is 11.7. The van der Waals surface area contributed by atoms with E-state index in [1.165, 1.54) is 6.08 Å².